The molecule has 0 aliphatic carbocycles. The van der Waals surface area contributed by atoms with Crippen LogP contribution in [0.1, 0.15) is 38.1 Å². The molecule has 38 heavy (non-hydrogen) atoms. The molecule has 0 saturated carbocycles. The Labute approximate surface area is 223 Å². The molecular weight excluding hydrogens is 475 g/mol. The zero-order chi connectivity index (χ0) is 27.5. The summed E-state index contributed by atoms with van der Waals surface area (Å²) in [4.78, 5) is 20.9. The first-order valence-corrected chi connectivity index (χ1v) is 12.2. The number of aromatic nitrogens is 5. The Morgan fingerprint density at radius 1 is 1.11 bits per heavy atom. The number of nitrogens with one attached hydrogen (secondary N) is 2. The predicted molar refractivity (Wildman–Crippen MR) is 155 cm³/mol. The third-order valence-corrected chi connectivity index (χ3v) is 5.64. The zero-order valence-corrected chi connectivity index (χ0v) is 21.7. The summed E-state index contributed by atoms with van der Waals surface area (Å²) in [5.74, 6) is 0.223. The number of anilines is 1. The molecule has 2 N–H and O–H groups in total. The highest BCUT2D eigenvalue weighted by atomic mass is 19.1. The lowest BCUT2D eigenvalue weighted by Crippen LogP contribution is -2.00. The number of pyridine rings is 3. The molecule has 0 bridgehead atoms. The van der Waals surface area contributed by atoms with Crippen LogP contribution >= 0.6 is 0 Å². The molecule has 6 nitrogen and oxygen atoms in total. The maximum Gasteiger partial charge on any atom is 0.134 e. The Bertz CT molecular complexity index is 1490. The summed E-state index contributed by atoms with van der Waals surface area (Å²) in [6.07, 6.45) is 22.1. The largest absolute Gasteiger partial charge is 0.358 e. The van der Waals surface area contributed by atoms with E-state index >= 15 is 4.39 Å². The van der Waals surface area contributed by atoms with Gasteiger partial charge in [-0.25, -0.2) is 9.37 Å². The van der Waals surface area contributed by atoms with Gasteiger partial charge >= 0.3 is 0 Å². The van der Waals surface area contributed by atoms with Crippen molar-refractivity contribution in [2.24, 2.45) is 0 Å². The fourth-order valence-corrected chi connectivity index (χ4v) is 3.94. The predicted octanol–water partition coefficient (Wildman–Crippen LogP) is 7.45. The molecule has 4 aromatic rings. The van der Waals surface area contributed by atoms with Crippen LogP contribution in [0.2, 0.25) is 0 Å². The summed E-state index contributed by atoms with van der Waals surface area (Å²) in [6.45, 7) is 12.0. The molecular formula is C31H31FN6. The van der Waals surface area contributed by atoms with Crippen molar-refractivity contribution < 1.29 is 4.39 Å². The van der Waals surface area contributed by atoms with Gasteiger partial charge in [0.1, 0.15) is 17.2 Å². The van der Waals surface area contributed by atoms with Crippen molar-refractivity contribution in [3.8, 4) is 24.1 Å². The number of fused-ring (bicyclic) bond motifs is 1. The van der Waals surface area contributed by atoms with Crippen LogP contribution in [0.15, 0.2) is 97.7 Å². The number of allylic oxidation sites excluding steroid dienone is 6. The van der Waals surface area contributed by atoms with Crippen LogP contribution in [0.5, 0.6) is 0 Å². The first-order chi connectivity index (χ1) is 18.5. The monoisotopic (exact) mass is 506 g/mol. The van der Waals surface area contributed by atoms with E-state index < -0.39 is 5.83 Å². The maximum atomic E-state index is 15.7. The van der Waals surface area contributed by atoms with Crippen molar-refractivity contribution in [2.75, 3.05) is 5.32 Å². The van der Waals surface area contributed by atoms with E-state index in [1.54, 1.807) is 43.1 Å². The second-order valence-electron chi connectivity index (χ2n) is 8.41. The number of nitrogens with zero attached hydrogens (tertiary/aromatic N) is 4. The van der Waals surface area contributed by atoms with Gasteiger partial charge in [0.2, 0.25) is 0 Å². The number of aromatic amines is 1. The number of imidazole rings is 1. The fraction of sp³-hybridized carbons (Fsp3) is 0.161. The molecule has 0 radical (unpaired) electrons. The van der Waals surface area contributed by atoms with Crippen molar-refractivity contribution in [1.82, 2.24) is 24.9 Å². The highest BCUT2D eigenvalue weighted by Gasteiger charge is 2.15. The Morgan fingerprint density at radius 2 is 1.87 bits per heavy atom. The lowest BCUT2D eigenvalue weighted by Gasteiger charge is -2.11. The molecule has 4 rings (SSSR count). The van der Waals surface area contributed by atoms with E-state index in [4.69, 9.17) is 4.98 Å². The summed E-state index contributed by atoms with van der Waals surface area (Å²) in [7, 11) is 0. The third-order valence-electron chi connectivity index (χ3n) is 5.64. The van der Waals surface area contributed by atoms with Crippen LogP contribution in [0.3, 0.4) is 0 Å². The normalized spacial score (nSPS) is 11.5. The molecule has 0 aliphatic heterocycles. The van der Waals surface area contributed by atoms with E-state index in [9.17, 15) is 0 Å². The van der Waals surface area contributed by atoms with Gasteiger partial charge in [-0.3, -0.25) is 15.0 Å². The minimum Gasteiger partial charge on any atom is -0.358 e. The van der Waals surface area contributed by atoms with Gasteiger partial charge in [0.05, 0.1) is 23.1 Å². The van der Waals surface area contributed by atoms with Gasteiger partial charge in [-0.2, -0.15) is 0 Å². The Kier molecular flexibility index (Phi) is 9.84. The minimum absolute atomic E-state index is 0.260. The van der Waals surface area contributed by atoms with Gasteiger partial charge in [-0.05, 0) is 43.2 Å². The molecule has 4 heterocycles. The smallest absolute Gasteiger partial charge is 0.134 e. The number of terminal acetylenes is 1. The van der Waals surface area contributed by atoms with Gasteiger partial charge < -0.3 is 10.3 Å². The molecule has 0 unspecified atom stereocenters. The summed E-state index contributed by atoms with van der Waals surface area (Å²) in [6, 6.07) is 7.47. The second kappa shape index (κ2) is 13.5. The van der Waals surface area contributed by atoms with Gasteiger partial charge in [0, 0.05) is 53.6 Å². The molecule has 0 saturated heterocycles. The Balaban J connectivity index is 0.00000195. The number of hydrogen-bond donors (Lipinski definition) is 2. The molecule has 0 amide bonds. The van der Waals surface area contributed by atoms with Crippen molar-refractivity contribution in [3.63, 3.8) is 0 Å². The topological polar surface area (TPSA) is 79.4 Å². The van der Waals surface area contributed by atoms with Gasteiger partial charge in [-0.15, -0.1) is 12.8 Å². The Morgan fingerprint density at radius 3 is 2.58 bits per heavy atom. The van der Waals surface area contributed by atoms with Crippen molar-refractivity contribution in [2.45, 2.75) is 33.1 Å². The summed E-state index contributed by atoms with van der Waals surface area (Å²) in [5, 5.41) is 3.23. The summed E-state index contributed by atoms with van der Waals surface area (Å²) in [5.41, 5.74) is 6.19. The van der Waals surface area contributed by atoms with Crippen LogP contribution in [0.25, 0.3) is 27.9 Å². The van der Waals surface area contributed by atoms with Crippen molar-refractivity contribution >= 4 is 22.3 Å². The fourth-order valence-electron chi connectivity index (χ4n) is 3.94. The van der Waals surface area contributed by atoms with Crippen LogP contribution in [-0.4, -0.2) is 24.9 Å². The lowest BCUT2D eigenvalue weighted by molar-refractivity contribution is 0.660. The average molecular weight is 507 g/mol. The molecule has 0 spiro atoms. The van der Waals surface area contributed by atoms with Gasteiger partial charge in [0.15, 0.2) is 0 Å². The molecule has 192 valence electrons. The SMILES string of the molecule is C#C.C=C(CCC)Nc1cncc(C(=C)/C(F)=C(\C=C/C)Cc2nc3c(-c4ccncc4)nccc3[nH]2)c1. The van der Waals surface area contributed by atoms with Crippen LogP contribution in [-0.2, 0) is 6.42 Å². The van der Waals surface area contributed by atoms with E-state index in [0.717, 1.165) is 46.5 Å². The maximum absolute atomic E-state index is 15.7. The highest BCUT2D eigenvalue weighted by Crippen LogP contribution is 2.30. The average Bonchev–Trinajstić information content (AvgIpc) is 3.36. The van der Waals surface area contributed by atoms with E-state index in [1.165, 1.54) is 0 Å². The summed E-state index contributed by atoms with van der Waals surface area (Å²) < 4.78 is 15.7. The van der Waals surface area contributed by atoms with Gasteiger partial charge in [-0.1, -0.05) is 38.7 Å². The number of H-pyrrole nitrogens is 1. The van der Waals surface area contributed by atoms with Gasteiger partial charge in [0.25, 0.3) is 0 Å². The van der Waals surface area contributed by atoms with Crippen molar-refractivity contribution in [1.29, 1.82) is 0 Å². The van der Waals surface area contributed by atoms with Crippen LogP contribution in [0.4, 0.5) is 10.1 Å². The van der Waals surface area contributed by atoms with E-state index in [1.807, 2.05) is 31.2 Å². The highest BCUT2D eigenvalue weighted by molar-refractivity contribution is 5.89. The number of hydrogen-bond acceptors (Lipinski definition) is 5. The van der Waals surface area contributed by atoms with E-state index in [-0.39, 0.29) is 12.0 Å². The zero-order valence-electron chi connectivity index (χ0n) is 21.7. The van der Waals surface area contributed by atoms with Crippen LogP contribution in [0, 0.1) is 12.8 Å². The molecule has 0 fully saturated rings. The standard InChI is InChI=1S/C29H29FN6.C2H2/c1-5-7-19(3)34-24-15-23(17-32-18-24)20(4)27(30)22(8-6-2)16-26-35-25-11-14-33-28(29(25)36-26)21-9-12-31-13-10-21;1-2/h6,8-15,17-18,34H,3-5,7,16H2,1-2H3,(H,35,36);1-2H/b8-6-,27-22-;. The Hall–Kier alpha value is -4.83. The lowest BCUT2D eigenvalue weighted by atomic mass is 10.0. The summed E-state index contributed by atoms with van der Waals surface area (Å²) >= 11 is 0. The first-order valence-electron chi connectivity index (χ1n) is 12.2. The second-order valence-corrected chi connectivity index (χ2v) is 8.41. The minimum atomic E-state index is -0.410. The number of halogens is 1. The molecule has 0 aromatic carbocycles. The van der Waals surface area contributed by atoms with E-state index in [2.05, 4.69) is 58.2 Å². The third kappa shape index (κ3) is 6.68. The molecule has 7 heteroatoms. The van der Waals surface area contributed by atoms with E-state index in [0.29, 0.717) is 17.0 Å². The molecule has 0 atom stereocenters. The van der Waals surface area contributed by atoms with Crippen molar-refractivity contribution in [3.05, 3.63) is 109 Å². The molecule has 0 aliphatic rings. The number of rotatable bonds is 10. The first kappa shape index (κ1) is 27.8. The van der Waals surface area contributed by atoms with Crippen LogP contribution < -0.4 is 5.32 Å². The molecule has 4 aromatic heterocycles. The quantitative estimate of drug-likeness (QED) is 0.173.